The van der Waals surface area contributed by atoms with Crippen LogP contribution in [0.15, 0.2) is 97.2 Å². The summed E-state index contributed by atoms with van der Waals surface area (Å²) in [6, 6.07) is 0. The number of esters is 2. The predicted octanol–water partition coefficient (Wildman–Crippen LogP) is 11.1. The zero-order chi connectivity index (χ0) is 36.8. The molecule has 2 N–H and O–H groups in total. The summed E-state index contributed by atoms with van der Waals surface area (Å²) < 4.78 is 26.2. The molecule has 0 spiro atoms. The van der Waals surface area contributed by atoms with E-state index in [0.29, 0.717) is 19.3 Å². The van der Waals surface area contributed by atoms with Gasteiger partial charge >= 0.3 is 19.8 Å². The number of phosphoric ester groups is 1. The van der Waals surface area contributed by atoms with Gasteiger partial charge in [0.05, 0.1) is 6.61 Å². The highest BCUT2D eigenvalue weighted by Gasteiger charge is 2.22. The average molecular weight is 717 g/mol. The molecular formula is C41H65O8P. The van der Waals surface area contributed by atoms with Crippen LogP contribution in [0.4, 0.5) is 0 Å². The van der Waals surface area contributed by atoms with E-state index in [0.717, 1.165) is 64.2 Å². The molecule has 0 aliphatic carbocycles. The van der Waals surface area contributed by atoms with Crippen LogP contribution in [-0.4, -0.2) is 41.0 Å². The summed E-state index contributed by atoms with van der Waals surface area (Å²) in [5, 5.41) is 0. The van der Waals surface area contributed by atoms with Gasteiger partial charge in [-0.15, -0.1) is 0 Å². The van der Waals surface area contributed by atoms with Crippen LogP contribution >= 0.6 is 7.82 Å². The van der Waals surface area contributed by atoms with Crippen molar-refractivity contribution in [3.05, 3.63) is 97.2 Å². The second-order valence-corrected chi connectivity index (χ2v) is 13.0. The van der Waals surface area contributed by atoms with Crippen molar-refractivity contribution in [2.75, 3.05) is 13.2 Å². The summed E-state index contributed by atoms with van der Waals surface area (Å²) in [4.78, 5) is 42.7. The normalized spacial score (nSPS) is 13.6. The van der Waals surface area contributed by atoms with Gasteiger partial charge < -0.3 is 19.3 Å². The topological polar surface area (TPSA) is 119 Å². The number of hydrogen-bond acceptors (Lipinski definition) is 6. The first kappa shape index (κ1) is 47.0. The van der Waals surface area contributed by atoms with Gasteiger partial charge in [0.25, 0.3) is 0 Å². The first-order chi connectivity index (χ1) is 24.3. The molecule has 0 aromatic heterocycles. The molecule has 0 saturated heterocycles. The third kappa shape index (κ3) is 37.8. The van der Waals surface area contributed by atoms with Crippen LogP contribution in [0.3, 0.4) is 0 Å². The molecule has 0 fully saturated rings. The lowest BCUT2D eigenvalue weighted by Crippen LogP contribution is -2.29. The predicted molar refractivity (Wildman–Crippen MR) is 206 cm³/mol. The molecule has 8 nitrogen and oxygen atoms in total. The molecule has 1 atom stereocenters. The zero-order valence-electron chi connectivity index (χ0n) is 30.7. The summed E-state index contributed by atoms with van der Waals surface area (Å²) in [6.07, 6.45) is 48.5. The van der Waals surface area contributed by atoms with Crippen molar-refractivity contribution in [2.45, 2.75) is 136 Å². The Morgan fingerprint density at radius 3 is 1.42 bits per heavy atom. The largest absolute Gasteiger partial charge is 0.469 e. The molecule has 0 rings (SSSR count). The van der Waals surface area contributed by atoms with E-state index >= 15 is 0 Å². The van der Waals surface area contributed by atoms with Crippen LogP contribution in [0.5, 0.6) is 0 Å². The van der Waals surface area contributed by atoms with E-state index in [2.05, 4.69) is 110 Å². The van der Waals surface area contributed by atoms with Crippen LogP contribution < -0.4 is 0 Å². The third-order valence-corrected chi connectivity index (χ3v) is 7.57. The first-order valence-corrected chi connectivity index (χ1v) is 20.1. The molecule has 50 heavy (non-hydrogen) atoms. The minimum absolute atomic E-state index is 0.145. The Labute approximate surface area is 303 Å². The van der Waals surface area contributed by atoms with Crippen molar-refractivity contribution >= 4 is 19.8 Å². The molecule has 282 valence electrons. The number of allylic oxidation sites excluding steroid dienone is 16. The van der Waals surface area contributed by atoms with Crippen molar-refractivity contribution in [1.29, 1.82) is 0 Å². The molecule has 9 heteroatoms. The summed E-state index contributed by atoms with van der Waals surface area (Å²) in [6.45, 7) is 3.43. The Balaban J connectivity index is 4.18. The quantitative estimate of drug-likeness (QED) is 0.0305. The summed E-state index contributed by atoms with van der Waals surface area (Å²) in [5.74, 6) is -1.01. The smallest absolute Gasteiger partial charge is 0.462 e. The fourth-order valence-corrected chi connectivity index (χ4v) is 4.71. The number of phosphoric acid groups is 1. The molecule has 0 radical (unpaired) electrons. The van der Waals surface area contributed by atoms with Gasteiger partial charge in [0.15, 0.2) is 6.10 Å². The Hall–Kier alpha value is -3.03. The second kappa shape index (κ2) is 35.8. The Kier molecular flexibility index (Phi) is 33.6. The number of hydrogen-bond donors (Lipinski definition) is 2. The molecule has 0 aliphatic rings. The molecule has 0 aromatic rings. The summed E-state index contributed by atoms with van der Waals surface area (Å²) in [7, 11) is -4.78. The summed E-state index contributed by atoms with van der Waals surface area (Å²) >= 11 is 0. The fraction of sp³-hybridized carbons (Fsp3) is 0.561. The molecule has 0 bridgehead atoms. The van der Waals surface area contributed by atoms with Gasteiger partial charge in [-0.3, -0.25) is 14.1 Å². The Morgan fingerprint density at radius 1 is 0.540 bits per heavy atom. The van der Waals surface area contributed by atoms with E-state index < -0.39 is 32.5 Å². The average Bonchev–Trinajstić information content (AvgIpc) is 3.08. The van der Waals surface area contributed by atoms with E-state index in [1.807, 2.05) is 6.08 Å². The van der Waals surface area contributed by atoms with Crippen molar-refractivity contribution < 1.29 is 37.9 Å². The molecule has 0 saturated carbocycles. The Morgan fingerprint density at radius 2 is 0.960 bits per heavy atom. The van der Waals surface area contributed by atoms with Crippen molar-refractivity contribution in [3.8, 4) is 0 Å². The minimum atomic E-state index is -4.78. The highest BCUT2D eigenvalue weighted by atomic mass is 31.2. The van der Waals surface area contributed by atoms with Crippen molar-refractivity contribution in [2.24, 2.45) is 0 Å². The van der Waals surface area contributed by atoms with Gasteiger partial charge in [0.1, 0.15) is 6.61 Å². The lowest BCUT2D eigenvalue weighted by Gasteiger charge is -2.18. The van der Waals surface area contributed by atoms with Gasteiger partial charge in [-0.2, -0.15) is 0 Å². The van der Waals surface area contributed by atoms with Crippen LogP contribution in [0, 0.1) is 0 Å². The zero-order valence-corrected chi connectivity index (χ0v) is 31.6. The maximum absolute atomic E-state index is 12.3. The van der Waals surface area contributed by atoms with Crippen molar-refractivity contribution in [1.82, 2.24) is 0 Å². The fourth-order valence-electron chi connectivity index (χ4n) is 4.35. The number of ether oxygens (including phenoxy) is 2. The van der Waals surface area contributed by atoms with Crippen LogP contribution in [-0.2, 0) is 28.2 Å². The van der Waals surface area contributed by atoms with E-state index in [9.17, 15) is 14.2 Å². The van der Waals surface area contributed by atoms with E-state index in [4.69, 9.17) is 19.3 Å². The highest BCUT2D eigenvalue weighted by Crippen LogP contribution is 2.35. The summed E-state index contributed by atoms with van der Waals surface area (Å²) in [5.41, 5.74) is 0. The third-order valence-electron chi connectivity index (χ3n) is 7.09. The van der Waals surface area contributed by atoms with Crippen LogP contribution in [0.1, 0.15) is 129 Å². The van der Waals surface area contributed by atoms with Gasteiger partial charge in [-0.25, -0.2) is 4.57 Å². The lowest BCUT2D eigenvalue weighted by atomic mass is 10.1. The van der Waals surface area contributed by atoms with Gasteiger partial charge in [0.2, 0.25) is 0 Å². The molecule has 0 heterocycles. The maximum Gasteiger partial charge on any atom is 0.469 e. The molecule has 0 aliphatic heterocycles. The van der Waals surface area contributed by atoms with Crippen molar-refractivity contribution in [3.63, 3.8) is 0 Å². The second-order valence-electron chi connectivity index (χ2n) is 11.8. The monoisotopic (exact) mass is 716 g/mol. The van der Waals surface area contributed by atoms with Gasteiger partial charge in [-0.05, 0) is 89.9 Å². The number of carbonyl (C=O) groups excluding carboxylic acids is 2. The molecular weight excluding hydrogens is 651 g/mol. The molecule has 0 unspecified atom stereocenters. The first-order valence-electron chi connectivity index (χ1n) is 18.5. The molecule has 0 amide bonds. The lowest BCUT2D eigenvalue weighted by molar-refractivity contribution is -0.161. The SMILES string of the molecule is CC/C=C/C/C=C/C/C=C/C/C=C/C/C=C/CCCC(=O)OC[C@H](COP(=O)(O)O)OC(=O)CCCC/C=C/C/C=C/C/C=C/CCCCC. The van der Waals surface area contributed by atoms with E-state index in [1.54, 1.807) is 0 Å². The number of carbonyl (C=O) groups is 2. The maximum atomic E-state index is 12.3. The van der Waals surface area contributed by atoms with E-state index in [1.165, 1.54) is 19.3 Å². The van der Waals surface area contributed by atoms with Gasteiger partial charge in [-0.1, -0.05) is 124 Å². The highest BCUT2D eigenvalue weighted by molar-refractivity contribution is 7.46. The van der Waals surface area contributed by atoms with E-state index in [-0.39, 0.29) is 19.4 Å². The minimum Gasteiger partial charge on any atom is -0.462 e. The Bertz CT molecular complexity index is 1120. The van der Waals surface area contributed by atoms with Crippen LogP contribution in [0.25, 0.3) is 0 Å². The number of rotatable bonds is 32. The van der Waals surface area contributed by atoms with Gasteiger partial charge in [0, 0.05) is 12.8 Å². The standard InChI is InChI=1S/C41H65O8P/c1-3-5-7-9-11-13-15-17-19-20-22-23-25-27-29-31-33-35-40(42)47-37-39(38-48-50(44,45)46)49-41(43)36-34-32-30-28-26-24-21-18-16-14-12-10-8-6-4-2/h5,7,11-14,17-19,21-23,26-29,39H,3-4,6,8-10,15-16,20,24-25,30-38H2,1-2H3,(H2,44,45,46)/b7-5+,13-11+,14-12+,19-17+,21-18+,23-22+,28-26+,29-27+/t39-/m1/s1. The molecule has 0 aromatic carbocycles. The van der Waals surface area contributed by atoms with Crippen LogP contribution in [0.2, 0.25) is 0 Å². The number of unbranched alkanes of at least 4 members (excludes halogenated alkanes) is 6.